The fourth-order valence-electron chi connectivity index (χ4n) is 1.80. The molecule has 18 heavy (non-hydrogen) atoms. The summed E-state index contributed by atoms with van der Waals surface area (Å²) in [6, 6.07) is 9.71. The van der Waals surface area contributed by atoms with E-state index in [-0.39, 0.29) is 5.82 Å². The van der Waals surface area contributed by atoms with Gasteiger partial charge in [0.05, 0.1) is 4.47 Å². The third-order valence-electron chi connectivity index (χ3n) is 2.77. The van der Waals surface area contributed by atoms with Crippen molar-refractivity contribution in [2.24, 2.45) is 0 Å². The van der Waals surface area contributed by atoms with Crippen molar-refractivity contribution in [2.75, 3.05) is 6.54 Å². The summed E-state index contributed by atoms with van der Waals surface area (Å²) in [6.45, 7) is 5.21. The second-order valence-electron chi connectivity index (χ2n) is 4.11. The van der Waals surface area contributed by atoms with Crippen LogP contribution in [-0.4, -0.2) is 6.54 Å². The standard InChI is InChI=1S/C14H15BrFNS/c1-3-17-9(2)13-6-7-14(18-13)10-4-5-12(16)11(15)8-10/h4-9,17H,3H2,1-2H3. The molecule has 0 bridgehead atoms. The zero-order chi connectivity index (χ0) is 13.1. The number of thiophene rings is 1. The molecule has 0 spiro atoms. The van der Waals surface area contributed by atoms with Crippen LogP contribution in [0.1, 0.15) is 24.8 Å². The van der Waals surface area contributed by atoms with E-state index >= 15 is 0 Å². The highest BCUT2D eigenvalue weighted by atomic mass is 79.9. The predicted octanol–water partition coefficient (Wildman–Crippen LogP) is 4.99. The monoisotopic (exact) mass is 327 g/mol. The highest BCUT2D eigenvalue weighted by molar-refractivity contribution is 9.10. The largest absolute Gasteiger partial charge is 0.310 e. The fraction of sp³-hybridized carbons (Fsp3) is 0.286. The van der Waals surface area contributed by atoms with Crippen molar-refractivity contribution >= 4 is 27.3 Å². The van der Waals surface area contributed by atoms with Crippen LogP contribution in [0.2, 0.25) is 0 Å². The molecule has 2 aromatic rings. The maximum atomic E-state index is 13.2. The molecule has 1 N–H and O–H groups in total. The number of nitrogens with one attached hydrogen (secondary N) is 1. The third kappa shape index (κ3) is 2.99. The minimum Gasteiger partial charge on any atom is -0.310 e. The lowest BCUT2D eigenvalue weighted by Crippen LogP contribution is -2.16. The highest BCUT2D eigenvalue weighted by Gasteiger charge is 2.09. The van der Waals surface area contributed by atoms with Gasteiger partial charge < -0.3 is 5.32 Å². The summed E-state index contributed by atoms with van der Waals surface area (Å²) >= 11 is 4.96. The SMILES string of the molecule is CCNC(C)c1ccc(-c2ccc(F)c(Br)c2)s1. The Balaban J connectivity index is 2.26. The topological polar surface area (TPSA) is 12.0 Å². The molecule has 1 nitrogen and oxygen atoms in total. The number of hydrogen-bond donors (Lipinski definition) is 1. The van der Waals surface area contributed by atoms with E-state index in [4.69, 9.17) is 0 Å². The first kappa shape index (κ1) is 13.7. The lowest BCUT2D eigenvalue weighted by Gasteiger charge is -2.09. The molecule has 0 aliphatic rings. The number of hydrogen-bond acceptors (Lipinski definition) is 2. The van der Waals surface area contributed by atoms with E-state index in [1.807, 2.05) is 12.1 Å². The summed E-state index contributed by atoms with van der Waals surface area (Å²) in [4.78, 5) is 2.46. The Morgan fingerprint density at radius 2 is 2.11 bits per heavy atom. The maximum Gasteiger partial charge on any atom is 0.137 e. The van der Waals surface area contributed by atoms with Crippen molar-refractivity contribution in [2.45, 2.75) is 19.9 Å². The molecule has 1 heterocycles. The van der Waals surface area contributed by atoms with Crippen molar-refractivity contribution in [3.63, 3.8) is 0 Å². The molecule has 2 rings (SSSR count). The summed E-state index contributed by atoms with van der Waals surface area (Å²) in [6.07, 6.45) is 0. The Bertz CT molecular complexity index is 538. The van der Waals surface area contributed by atoms with E-state index in [0.29, 0.717) is 10.5 Å². The van der Waals surface area contributed by atoms with Crippen LogP contribution >= 0.6 is 27.3 Å². The van der Waals surface area contributed by atoms with Crippen molar-refractivity contribution in [3.05, 3.63) is 45.5 Å². The molecular formula is C14H15BrFNS. The normalized spacial score (nSPS) is 12.7. The Morgan fingerprint density at radius 1 is 1.33 bits per heavy atom. The van der Waals surface area contributed by atoms with E-state index in [1.165, 1.54) is 10.9 Å². The van der Waals surface area contributed by atoms with Crippen LogP contribution < -0.4 is 5.32 Å². The van der Waals surface area contributed by atoms with Gasteiger partial charge >= 0.3 is 0 Å². The molecule has 1 aromatic heterocycles. The first-order valence-electron chi connectivity index (χ1n) is 5.90. The van der Waals surface area contributed by atoms with Crippen LogP contribution in [0.4, 0.5) is 4.39 Å². The average molecular weight is 328 g/mol. The van der Waals surface area contributed by atoms with E-state index in [0.717, 1.165) is 17.0 Å². The molecule has 0 aliphatic carbocycles. The molecule has 0 saturated carbocycles. The zero-order valence-electron chi connectivity index (χ0n) is 10.3. The smallest absolute Gasteiger partial charge is 0.137 e. The Labute approximate surface area is 119 Å². The second-order valence-corrected chi connectivity index (χ2v) is 6.08. The highest BCUT2D eigenvalue weighted by Crippen LogP contribution is 2.33. The third-order valence-corrected chi connectivity index (χ3v) is 4.69. The average Bonchev–Trinajstić information content (AvgIpc) is 2.82. The van der Waals surface area contributed by atoms with Gasteiger partial charge in [-0.2, -0.15) is 0 Å². The molecule has 0 radical (unpaired) electrons. The summed E-state index contributed by atoms with van der Waals surface area (Å²) in [7, 11) is 0. The molecule has 0 amide bonds. The Morgan fingerprint density at radius 3 is 2.78 bits per heavy atom. The molecular weight excluding hydrogens is 313 g/mol. The van der Waals surface area contributed by atoms with Gasteiger partial charge in [0.15, 0.2) is 0 Å². The van der Waals surface area contributed by atoms with Gasteiger partial charge in [-0.15, -0.1) is 11.3 Å². The van der Waals surface area contributed by atoms with E-state index in [1.54, 1.807) is 11.3 Å². The molecule has 4 heteroatoms. The molecule has 1 unspecified atom stereocenters. The van der Waals surface area contributed by atoms with E-state index < -0.39 is 0 Å². The summed E-state index contributed by atoms with van der Waals surface area (Å²) in [5.74, 6) is -0.225. The van der Waals surface area contributed by atoms with Crippen molar-refractivity contribution < 1.29 is 4.39 Å². The van der Waals surface area contributed by atoms with Gasteiger partial charge in [0.2, 0.25) is 0 Å². The van der Waals surface area contributed by atoms with Gasteiger partial charge in [0, 0.05) is 15.8 Å². The van der Waals surface area contributed by atoms with E-state index in [2.05, 4.69) is 47.2 Å². The molecule has 96 valence electrons. The zero-order valence-corrected chi connectivity index (χ0v) is 12.7. The Hall–Kier alpha value is -0.710. The maximum absolute atomic E-state index is 13.2. The quantitative estimate of drug-likeness (QED) is 0.834. The van der Waals surface area contributed by atoms with Gasteiger partial charge in [0.1, 0.15) is 5.82 Å². The lowest BCUT2D eigenvalue weighted by molar-refractivity contribution is 0.607. The predicted molar refractivity (Wildman–Crippen MR) is 79.5 cm³/mol. The summed E-state index contributed by atoms with van der Waals surface area (Å²) in [5.41, 5.74) is 1.04. The van der Waals surface area contributed by atoms with Gasteiger partial charge in [0.25, 0.3) is 0 Å². The van der Waals surface area contributed by atoms with E-state index in [9.17, 15) is 4.39 Å². The van der Waals surface area contributed by atoms with Gasteiger partial charge in [-0.25, -0.2) is 4.39 Å². The van der Waals surface area contributed by atoms with Crippen LogP contribution in [-0.2, 0) is 0 Å². The molecule has 0 saturated heterocycles. The van der Waals surface area contributed by atoms with Crippen molar-refractivity contribution in [3.8, 4) is 10.4 Å². The fourth-order valence-corrected chi connectivity index (χ4v) is 3.21. The van der Waals surface area contributed by atoms with Gasteiger partial charge in [-0.3, -0.25) is 0 Å². The lowest BCUT2D eigenvalue weighted by atomic mass is 10.2. The molecule has 0 fully saturated rings. The van der Waals surface area contributed by atoms with Gasteiger partial charge in [-0.1, -0.05) is 13.0 Å². The number of halogens is 2. The Kier molecular flexibility index (Phi) is 4.54. The van der Waals surface area contributed by atoms with Crippen LogP contribution in [0.3, 0.4) is 0 Å². The molecule has 1 aromatic carbocycles. The van der Waals surface area contributed by atoms with Gasteiger partial charge in [-0.05, 0) is 59.2 Å². The first-order valence-corrected chi connectivity index (χ1v) is 7.51. The second kappa shape index (κ2) is 5.95. The van der Waals surface area contributed by atoms with Crippen LogP contribution in [0.5, 0.6) is 0 Å². The molecule has 1 atom stereocenters. The number of rotatable bonds is 4. The summed E-state index contributed by atoms with van der Waals surface area (Å²) < 4.78 is 13.7. The minimum absolute atomic E-state index is 0.225. The van der Waals surface area contributed by atoms with Crippen LogP contribution in [0.25, 0.3) is 10.4 Å². The van der Waals surface area contributed by atoms with Crippen LogP contribution in [0, 0.1) is 5.82 Å². The summed E-state index contributed by atoms with van der Waals surface area (Å²) in [5, 5.41) is 3.39. The van der Waals surface area contributed by atoms with Crippen molar-refractivity contribution in [1.82, 2.24) is 5.32 Å². The van der Waals surface area contributed by atoms with Crippen LogP contribution in [0.15, 0.2) is 34.8 Å². The number of benzene rings is 1. The molecule has 0 aliphatic heterocycles. The minimum atomic E-state index is -0.225. The first-order chi connectivity index (χ1) is 8.61. The van der Waals surface area contributed by atoms with Crippen molar-refractivity contribution in [1.29, 1.82) is 0 Å².